The Morgan fingerprint density at radius 1 is 1.47 bits per heavy atom. The van der Waals surface area contributed by atoms with E-state index in [4.69, 9.17) is 10.5 Å². The highest BCUT2D eigenvalue weighted by molar-refractivity contribution is 5.69. The number of hydrogen-bond donors (Lipinski definition) is 1. The van der Waals surface area contributed by atoms with Crippen molar-refractivity contribution in [1.82, 2.24) is 15.0 Å². The molecule has 1 heterocycles. The second-order valence-electron chi connectivity index (χ2n) is 4.36. The van der Waals surface area contributed by atoms with Crippen LogP contribution in [-0.2, 0) is 22.6 Å². The van der Waals surface area contributed by atoms with Gasteiger partial charge in [-0.2, -0.15) is 0 Å². The average Bonchev–Trinajstić information content (AvgIpc) is 2.78. The zero-order valence-corrected chi connectivity index (χ0v) is 9.84. The van der Waals surface area contributed by atoms with E-state index in [9.17, 15) is 4.79 Å². The summed E-state index contributed by atoms with van der Waals surface area (Å²) < 4.78 is 6.84. The summed E-state index contributed by atoms with van der Waals surface area (Å²) >= 11 is 0. The smallest absolute Gasteiger partial charge is 0.328 e. The molecule has 1 aliphatic rings. The van der Waals surface area contributed by atoms with Gasteiger partial charge in [0.05, 0.1) is 11.9 Å². The molecular formula is C11H18N4O2. The van der Waals surface area contributed by atoms with Crippen LogP contribution in [0.25, 0.3) is 0 Å². The van der Waals surface area contributed by atoms with Crippen LogP contribution >= 0.6 is 0 Å². The second-order valence-corrected chi connectivity index (χ2v) is 4.36. The molecule has 0 radical (unpaired) electrons. The average molecular weight is 238 g/mol. The monoisotopic (exact) mass is 238 g/mol. The molecule has 1 saturated carbocycles. The zero-order chi connectivity index (χ0) is 12.1. The molecule has 6 heteroatoms. The van der Waals surface area contributed by atoms with E-state index in [1.165, 1.54) is 11.1 Å². The number of nitrogens with two attached hydrogens (primary N) is 1. The number of hydrogen-bond acceptors (Lipinski definition) is 5. The van der Waals surface area contributed by atoms with Crippen LogP contribution in [0, 0.1) is 0 Å². The van der Waals surface area contributed by atoms with E-state index in [0.29, 0.717) is 12.2 Å². The largest absolute Gasteiger partial charge is 0.461 e. The number of aromatic nitrogens is 3. The highest BCUT2D eigenvalue weighted by Gasteiger charge is 2.18. The van der Waals surface area contributed by atoms with Crippen LogP contribution < -0.4 is 5.73 Å². The van der Waals surface area contributed by atoms with Gasteiger partial charge < -0.3 is 10.5 Å². The Morgan fingerprint density at radius 2 is 2.24 bits per heavy atom. The lowest BCUT2D eigenvalue weighted by molar-refractivity contribution is -0.151. The van der Waals surface area contributed by atoms with E-state index in [0.717, 1.165) is 25.7 Å². The predicted molar refractivity (Wildman–Crippen MR) is 60.9 cm³/mol. The van der Waals surface area contributed by atoms with E-state index >= 15 is 0 Å². The lowest BCUT2D eigenvalue weighted by Gasteiger charge is -2.21. The number of ether oxygens (including phenoxy) is 1. The molecule has 0 saturated heterocycles. The molecule has 1 aliphatic carbocycles. The van der Waals surface area contributed by atoms with E-state index in [1.54, 1.807) is 6.20 Å². The third-order valence-corrected chi connectivity index (χ3v) is 2.94. The normalized spacial score (nSPS) is 17.0. The molecule has 0 bridgehead atoms. The Bertz CT molecular complexity index is 371. The maximum Gasteiger partial charge on any atom is 0.328 e. The fourth-order valence-electron chi connectivity index (χ4n) is 2.05. The number of rotatable bonds is 4. The highest BCUT2D eigenvalue weighted by atomic mass is 16.5. The fraction of sp³-hybridized carbons (Fsp3) is 0.727. The van der Waals surface area contributed by atoms with E-state index < -0.39 is 0 Å². The molecule has 17 heavy (non-hydrogen) atoms. The van der Waals surface area contributed by atoms with Crippen LogP contribution in [0.3, 0.4) is 0 Å². The Labute approximate surface area is 100 Å². The van der Waals surface area contributed by atoms with Gasteiger partial charge in [0.15, 0.2) is 0 Å². The number of esters is 1. The van der Waals surface area contributed by atoms with Crippen molar-refractivity contribution in [3.05, 3.63) is 11.9 Å². The predicted octanol–water partition coefficient (Wildman–Crippen LogP) is 0.613. The second kappa shape index (κ2) is 5.77. The van der Waals surface area contributed by atoms with Gasteiger partial charge in [0.25, 0.3) is 0 Å². The zero-order valence-electron chi connectivity index (χ0n) is 9.84. The summed E-state index contributed by atoms with van der Waals surface area (Å²) in [5, 5.41) is 7.62. The molecule has 1 aromatic heterocycles. The van der Waals surface area contributed by atoms with Crippen molar-refractivity contribution in [1.29, 1.82) is 0 Å². The quantitative estimate of drug-likeness (QED) is 0.777. The van der Waals surface area contributed by atoms with Crippen molar-refractivity contribution < 1.29 is 9.53 Å². The lowest BCUT2D eigenvalue weighted by atomic mass is 9.98. The molecule has 0 aromatic carbocycles. The number of carbonyl (C=O) groups is 1. The van der Waals surface area contributed by atoms with Crippen LogP contribution in [0.2, 0.25) is 0 Å². The van der Waals surface area contributed by atoms with Gasteiger partial charge in [-0.25, -0.2) is 4.68 Å². The molecule has 6 nitrogen and oxygen atoms in total. The maximum absolute atomic E-state index is 11.6. The van der Waals surface area contributed by atoms with E-state index in [2.05, 4.69) is 10.3 Å². The minimum atomic E-state index is -0.245. The SMILES string of the molecule is NCc1cn(CC(=O)OC2CCCCC2)nn1. The first-order valence-electron chi connectivity index (χ1n) is 6.06. The van der Waals surface area contributed by atoms with E-state index in [1.807, 2.05) is 0 Å². The topological polar surface area (TPSA) is 83.0 Å². The van der Waals surface area contributed by atoms with Gasteiger partial charge in [-0.15, -0.1) is 5.10 Å². The van der Waals surface area contributed by atoms with Gasteiger partial charge in [-0.05, 0) is 25.7 Å². The van der Waals surface area contributed by atoms with Crippen LogP contribution in [0.4, 0.5) is 0 Å². The summed E-state index contributed by atoms with van der Waals surface area (Å²) in [6, 6.07) is 0. The Morgan fingerprint density at radius 3 is 2.88 bits per heavy atom. The minimum Gasteiger partial charge on any atom is -0.461 e. The van der Waals surface area contributed by atoms with Crippen molar-refractivity contribution in [3.8, 4) is 0 Å². The van der Waals surface area contributed by atoms with Gasteiger partial charge in [-0.3, -0.25) is 4.79 Å². The van der Waals surface area contributed by atoms with E-state index in [-0.39, 0.29) is 18.6 Å². The van der Waals surface area contributed by atoms with Gasteiger partial charge in [0.2, 0.25) is 0 Å². The highest BCUT2D eigenvalue weighted by Crippen LogP contribution is 2.20. The molecular weight excluding hydrogens is 220 g/mol. The third kappa shape index (κ3) is 3.52. The van der Waals surface area contributed by atoms with Crippen LogP contribution in [0.1, 0.15) is 37.8 Å². The number of carbonyl (C=O) groups excluding carboxylic acids is 1. The first-order valence-corrected chi connectivity index (χ1v) is 6.06. The fourth-order valence-corrected chi connectivity index (χ4v) is 2.05. The summed E-state index contributed by atoms with van der Waals surface area (Å²) in [6.07, 6.45) is 7.28. The molecule has 0 amide bonds. The van der Waals surface area contributed by atoms with Crippen molar-refractivity contribution in [2.24, 2.45) is 5.73 Å². The summed E-state index contributed by atoms with van der Waals surface area (Å²) in [7, 11) is 0. The number of nitrogens with zero attached hydrogens (tertiary/aromatic N) is 3. The lowest BCUT2D eigenvalue weighted by Crippen LogP contribution is -2.23. The molecule has 1 fully saturated rings. The van der Waals surface area contributed by atoms with Crippen molar-refractivity contribution in [2.75, 3.05) is 0 Å². The summed E-state index contributed by atoms with van der Waals surface area (Å²) in [5.74, 6) is -0.245. The van der Waals surface area contributed by atoms with Crippen LogP contribution in [-0.4, -0.2) is 27.1 Å². The Hall–Kier alpha value is -1.43. The summed E-state index contributed by atoms with van der Waals surface area (Å²) in [5.41, 5.74) is 6.09. The Balaban J connectivity index is 1.79. The maximum atomic E-state index is 11.6. The minimum absolute atomic E-state index is 0.0914. The molecule has 0 unspecified atom stereocenters. The van der Waals surface area contributed by atoms with Crippen molar-refractivity contribution in [2.45, 2.75) is 51.3 Å². The van der Waals surface area contributed by atoms with Crippen LogP contribution in [0.5, 0.6) is 0 Å². The van der Waals surface area contributed by atoms with Gasteiger partial charge >= 0.3 is 5.97 Å². The molecule has 0 aliphatic heterocycles. The van der Waals surface area contributed by atoms with Crippen LogP contribution in [0.15, 0.2) is 6.20 Å². The molecule has 94 valence electrons. The first kappa shape index (κ1) is 12.0. The Kier molecular flexibility index (Phi) is 4.08. The molecule has 2 rings (SSSR count). The van der Waals surface area contributed by atoms with Gasteiger partial charge in [0.1, 0.15) is 12.6 Å². The third-order valence-electron chi connectivity index (χ3n) is 2.94. The van der Waals surface area contributed by atoms with Crippen molar-refractivity contribution in [3.63, 3.8) is 0 Å². The molecule has 2 N–H and O–H groups in total. The standard InChI is InChI=1S/C11H18N4O2/c12-6-9-7-15(14-13-9)8-11(16)17-10-4-2-1-3-5-10/h7,10H,1-6,8,12H2. The molecule has 1 aromatic rings. The summed E-state index contributed by atoms with van der Waals surface area (Å²) in [6.45, 7) is 0.446. The molecule has 0 spiro atoms. The molecule has 0 atom stereocenters. The van der Waals surface area contributed by atoms with Gasteiger partial charge in [-0.1, -0.05) is 11.6 Å². The first-order chi connectivity index (χ1) is 8.28. The van der Waals surface area contributed by atoms with Gasteiger partial charge in [0, 0.05) is 6.54 Å². The summed E-state index contributed by atoms with van der Waals surface area (Å²) in [4.78, 5) is 11.6. The van der Waals surface area contributed by atoms with Crippen molar-refractivity contribution >= 4 is 5.97 Å².